The summed E-state index contributed by atoms with van der Waals surface area (Å²) in [6.07, 6.45) is 0. The lowest BCUT2D eigenvalue weighted by molar-refractivity contribution is 0.241. The number of hydrogen-bond donors (Lipinski definition) is 2. The van der Waals surface area contributed by atoms with Crippen LogP contribution in [0.2, 0.25) is 0 Å². The van der Waals surface area contributed by atoms with Crippen LogP contribution in [0.3, 0.4) is 0 Å². The smallest absolute Gasteiger partial charge is 0.314 e. The van der Waals surface area contributed by atoms with Gasteiger partial charge in [-0.1, -0.05) is 72.8 Å². The first-order valence-corrected chi connectivity index (χ1v) is 11.6. The van der Waals surface area contributed by atoms with Gasteiger partial charge in [-0.05, 0) is 48.5 Å². The Morgan fingerprint density at radius 1 is 0.471 bits per heavy atom. The molecule has 0 saturated carbocycles. The van der Waals surface area contributed by atoms with E-state index in [9.17, 15) is 4.79 Å². The zero-order valence-electron chi connectivity index (χ0n) is 19.2. The second-order valence-electron chi connectivity index (χ2n) is 7.83. The summed E-state index contributed by atoms with van der Waals surface area (Å²) in [5, 5.41) is 5.99. The molecule has 0 spiro atoms. The van der Waals surface area contributed by atoms with Crippen LogP contribution >= 0.6 is 0 Å². The Morgan fingerprint density at radius 3 is 1.00 bits per heavy atom. The second-order valence-corrected chi connectivity index (χ2v) is 7.83. The molecule has 4 aromatic carbocycles. The maximum absolute atomic E-state index is 12.5. The number of nitrogens with zero attached hydrogens (tertiary/aromatic N) is 2. The van der Waals surface area contributed by atoms with Crippen molar-refractivity contribution in [3.05, 3.63) is 121 Å². The molecule has 2 N–H and O–H groups in total. The van der Waals surface area contributed by atoms with Crippen LogP contribution in [0, 0.1) is 0 Å². The number of hydrogen-bond acceptors (Lipinski definition) is 3. The minimum absolute atomic E-state index is 0.165. The van der Waals surface area contributed by atoms with Gasteiger partial charge in [-0.3, -0.25) is 0 Å². The van der Waals surface area contributed by atoms with Crippen LogP contribution < -0.4 is 20.4 Å². The Bertz CT molecular complexity index is 952. The molecule has 5 heteroatoms. The van der Waals surface area contributed by atoms with Crippen molar-refractivity contribution in [3.8, 4) is 0 Å². The van der Waals surface area contributed by atoms with Gasteiger partial charge in [-0.25, -0.2) is 4.79 Å². The fourth-order valence-corrected chi connectivity index (χ4v) is 3.87. The van der Waals surface area contributed by atoms with Gasteiger partial charge in [0.25, 0.3) is 0 Å². The minimum Gasteiger partial charge on any atom is -0.340 e. The largest absolute Gasteiger partial charge is 0.340 e. The number of benzene rings is 4. The Labute approximate surface area is 201 Å². The van der Waals surface area contributed by atoms with E-state index in [0.29, 0.717) is 26.2 Å². The first kappa shape index (κ1) is 22.9. The molecule has 4 aromatic rings. The predicted octanol–water partition coefficient (Wildman–Crippen LogP) is 5.96. The lowest BCUT2D eigenvalue weighted by Crippen LogP contribution is -2.42. The van der Waals surface area contributed by atoms with Crippen molar-refractivity contribution in [2.45, 2.75) is 0 Å². The number of urea groups is 1. The molecule has 0 atom stereocenters. The molecule has 0 aliphatic carbocycles. The fourth-order valence-electron chi connectivity index (χ4n) is 3.87. The summed E-state index contributed by atoms with van der Waals surface area (Å²) in [7, 11) is 0. The van der Waals surface area contributed by atoms with E-state index in [4.69, 9.17) is 0 Å². The van der Waals surface area contributed by atoms with Gasteiger partial charge in [0.05, 0.1) is 0 Å². The van der Waals surface area contributed by atoms with Crippen molar-refractivity contribution >= 4 is 28.8 Å². The van der Waals surface area contributed by atoms with E-state index in [0.717, 1.165) is 22.7 Å². The van der Waals surface area contributed by atoms with Gasteiger partial charge < -0.3 is 20.4 Å². The highest BCUT2D eigenvalue weighted by molar-refractivity contribution is 5.74. The van der Waals surface area contributed by atoms with Crippen LogP contribution in [0.1, 0.15) is 0 Å². The molecule has 0 unspecified atom stereocenters. The van der Waals surface area contributed by atoms with Gasteiger partial charge in [0, 0.05) is 48.9 Å². The lowest BCUT2D eigenvalue weighted by Gasteiger charge is -2.26. The number of anilines is 4. The van der Waals surface area contributed by atoms with Gasteiger partial charge in [0.15, 0.2) is 0 Å². The molecule has 0 fully saturated rings. The molecule has 5 nitrogen and oxygen atoms in total. The number of nitrogens with one attached hydrogen (secondary N) is 2. The van der Waals surface area contributed by atoms with E-state index in [1.807, 2.05) is 72.8 Å². The standard InChI is InChI=1S/C29H30N4O/c34-29(30-21-23-32(25-13-5-1-6-14-25)26-15-7-2-8-16-26)31-22-24-33(27-17-9-3-10-18-27)28-19-11-4-12-20-28/h1-20H,21-24H2,(H2,30,31,34). The summed E-state index contributed by atoms with van der Waals surface area (Å²) in [5.41, 5.74) is 4.38. The SMILES string of the molecule is O=C(NCCN(c1ccccc1)c1ccccc1)NCCN(c1ccccc1)c1ccccc1. The summed E-state index contributed by atoms with van der Waals surface area (Å²) in [6.45, 7) is 2.39. The van der Waals surface area contributed by atoms with Crippen LogP contribution in [0.4, 0.5) is 27.5 Å². The third-order valence-electron chi connectivity index (χ3n) is 5.51. The number of para-hydroxylation sites is 4. The topological polar surface area (TPSA) is 47.6 Å². The number of carbonyl (C=O) groups is 1. The molecule has 34 heavy (non-hydrogen) atoms. The molecule has 172 valence electrons. The quantitative estimate of drug-likeness (QED) is 0.313. The molecule has 0 aliphatic rings. The highest BCUT2D eigenvalue weighted by Crippen LogP contribution is 2.25. The zero-order chi connectivity index (χ0) is 23.4. The van der Waals surface area contributed by atoms with Gasteiger partial charge in [0.1, 0.15) is 0 Å². The van der Waals surface area contributed by atoms with E-state index in [-0.39, 0.29) is 6.03 Å². The predicted molar refractivity (Wildman–Crippen MR) is 141 cm³/mol. The van der Waals surface area contributed by atoms with Crippen molar-refractivity contribution in [1.29, 1.82) is 0 Å². The monoisotopic (exact) mass is 450 g/mol. The van der Waals surface area contributed by atoms with Crippen LogP contribution in [0.5, 0.6) is 0 Å². The Balaban J connectivity index is 1.30. The molecule has 0 heterocycles. The zero-order valence-corrected chi connectivity index (χ0v) is 19.2. The molecule has 0 saturated heterocycles. The molecular formula is C29H30N4O. The third kappa shape index (κ3) is 6.39. The molecule has 0 aliphatic heterocycles. The normalized spacial score (nSPS) is 10.4. The highest BCUT2D eigenvalue weighted by atomic mass is 16.2. The first-order chi connectivity index (χ1) is 16.8. The fraction of sp³-hybridized carbons (Fsp3) is 0.138. The van der Waals surface area contributed by atoms with Crippen molar-refractivity contribution < 1.29 is 4.79 Å². The molecule has 0 radical (unpaired) electrons. The molecule has 2 amide bonds. The summed E-state index contributed by atoms with van der Waals surface area (Å²) >= 11 is 0. The Hall–Kier alpha value is -4.25. The van der Waals surface area contributed by atoms with Gasteiger partial charge >= 0.3 is 6.03 Å². The average Bonchev–Trinajstić information content (AvgIpc) is 2.91. The third-order valence-corrected chi connectivity index (χ3v) is 5.51. The van der Waals surface area contributed by atoms with Crippen LogP contribution in [0.15, 0.2) is 121 Å². The van der Waals surface area contributed by atoms with E-state index in [1.54, 1.807) is 0 Å². The average molecular weight is 451 g/mol. The van der Waals surface area contributed by atoms with Gasteiger partial charge in [-0.2, -0.15) is 0 Å². The van der Waals surface area contributed by atoms with Crippen molar-refractivity contribution in [3.63, 3.8) is 0 Å². The number of rotatable bonds is 10. The minimum atomic E-state index is -0.165. The maximum Gasteiger partial charge on any atom is 0.314 e. The Kier molecular flexibility index (Phi) is 8.17. The van der Waals surface area contributed by atoms with E-state index in [2.05, 4.69) is 69.0 Å². The van der Waals surface area contributed by atoms with Crippen LogP contribution in [-0.2, 0) is 0 Å². The van der Waals surface area contributed by atoms with Gasteiger partial charge in [-0.15, -0.1) is 0 Å². The number of carbonyl (C=O) groups excluding carboxylic acids is 1. The van der Waals surface area contributed by atoms with Crippen LogP contribution in [-0.4, -0.2) is 32.2 Å². The second kappa shape index (κ2) is 12.1. The van der Waals surface area contributed by atoms with E-state index < -0.39 is 0 Å². The number of amides is 2. The molecule has 0 aromatic heterocycles. The van der Waals surface area contributed by atoms with Crippen molar-refractivity contribution in [2.24, 2.45) is 0 Å². The maximum atomic E-state index is 12.5. The van der Waals surface area contributed by atoms with Crippen molar-refractivity contribution in [1.82, 2.24) is 10.6 Å². The molecule has 0 bridgehead atoms. The molecule has 4 rings (SSSR count). The van der Waals surface area contributed by atoms with Gasteiger partial charge in [0.2, 0.25) is 0 Å². The van der Waals surface area contributed by atoms with E-state index in [1.165, 1.54) is 0 Å². The summed E-state index contributed by atoms with van der Waals surface area (Å²) in [4.78, 5) is 16.9. The first-order valence-electron chi connectivity index (χ1n) is 11.6. The summed E-state index contributed by atoms with van der Waals surface area (Å²) < 4.78 is 0. The summed E-state index contributed by atoms with van der Waals surface area (Å²) in [6, 6.07) is 40.7. The Morgan fingerprint density at radius 2 is 0.735 bits per heavy atom. The lowest BCUT2D eigenvalue weighted by atomic mass is 10.2. The molecular weight excluding hydrogens is 420 g/mol. The highest BCUT2D eigenvalue weighted by Gasteiger charge is 2.11. The summed E-state index contributed by atoms with van der Waals surface area (Å²) in [5.74, 6) is 0. The van der Waals surface area contributed by atoms with Crippen molar-refractivity contribution in [2.75, 3.05) is 36.0 Å². The van der Waals surface area contributed by atoms with E-state index >= 15 is 0 Å². The van der Waals surface area contributed by atoms with Crippen LogP contribution in [0.25, 0.3) is 0 Å².